The van der Waals surface area contributed by atoms with E-state index >= 15 is 0 Å². The maximum absolute atomic E-state index is 12.6. The van der Waals surface area contributed by atoms with E-state index in [1.807, 2.05) is 23.1 Å². The lowest BCUT2D eigenvalue weighted by molar-refractivity contribution is 0.174. The fourth-order valence-corrected chi connectivity index (χ4v) is 4.07. The first-order valence-corrected chi connectivity index (χ1v) is 9.45. The molecule has 25 heavy (non-hydrogen) atoms. The van der Waals surface area contributed by atoms with E-state index in [4.69, 9.17) is 9.47 Å². The quantitative estimate of drug-likeness (QED) is 0.889. The predicted molar refractivity (Wildman–Crippen MR) is 95.1 cm³/mol. The SMILES string of the molecule is O=C(NCCc1ccc2c(c1)OCO2)N1CCC[C@H]1CN1CCCC1. The first kappa shape index (κ1) is 16.5. The summed E-state index contributed by atoms with van der Waals surface area (Å²) in [7, 11) is 0. The van der Waals surface area contributed by atoms with Gasteiger partial charge in [0, 0.05) is 25.7 Å². The van der Waals surface area contributed by atoms with E-state index in [1.54, 1.807) is 0 Å². The van der Waals surface area contributed by atoms with Crippen LogP contribution < -0.4 is 14.8 Å². The Hall–Kier alpha value is -1.95. The Labute approximate surface area is 149 Å². The van der Waals surface area contributed by atoms with E-state index in [-0.39, 0.29) is 6.03 Å². The van der Waals surface area contributed by atoms with E-state index in [9.17, 15) is 4.79 Å². The van der Waals surface area contributed by atoms with Crippen LogP contribution in [0.3, 0.4) is 0 Å². The van der Waals surface area contributed by atoms with Crippen molar-refractivity contribution in [2.45, 2.75) is 38.1 Å². The summed E-state index contributed by atoms with van der Waals surface area (Å²) in [6.45, 7) is 5.24. The van der Waals surface area contributed by atoms with Crippen LogP contribution in [0.2, 0.25) is 0 Å². The van der Waals surface area contributed by atoms with Crippen LogP contribution in [0.25, 0.3) is 0 Å². The summed E-state index contributed by atoms with van der Waals surface area (Å²) in [5.74, 6) is 1.60. The topological polar surface area (TPSA) is 54.0 Å². The van der Waals surface area contributed by atoms with Crippen LogP contribution in [0.4, 0.5) is 4.79 Å². The zero-order valence-corrected chi connectivity index (χ0v) is 14.7. The van der Waals surface area contributed by atoms with Crippen molar-refractivity contribution in [3.8, 4) is 11.5 Å². The van der Waals surface area contributed by atoms with E-state index in [0.29, 0.717) is 19.4 Å². The van der Waals surface area contributed by atoms with Gasteiger partial charge in [-0.25, -0.2) is 4.79 Å². The van der Waals surface area contributed by atoms with Crippen LogP contribution in [0, 0.1) is 0 Å². The molecular formula is C19H27N3O3. The number of nitrogens with one attached hydrogen (secondary N) is 1. The van der Waals surface area contributed by atoms with Crippen molar-refractivity contribution < 1.29 is 14.3 Å². The largest absolute Gasteiger partial charge is 0.454 e. The third-order valence-electron chi connectivity index (χ3n) is 5.43. The molecule has 2 saturated heterocycles. The number of hydrogen-bond acceptors (Lipinski definition) is 4. The average molecular weight is 345 g/mol. The Morgan fingerprint density at radius 1 is 1.12 bits per heavy atom. The van der Waals surface area contributed by atoms with Crippen LogP contribution in [-0.4, -0.2) is 61.4 Å². The highest BCUT2D eigenvalue weighted by Crippen LogP contribution is 2.32. The highest BCUT2D eigenvalue weighted by molar-refractivity contribution is 5.74. The summed E-state index contributed by atoms with van der Waals surface area (Å²) < 4.78 is 10.7. The van der Waals surface area contributed by atoms with Gasteiger partial charge >= 0.3 is 6.03 Å². The molecule has 4 rings (SSSR count). The van der Waals surface area contributed by atoms with Crippen molar-refractivity contribution in [3.05, 3.63) is 23.8 Å². The molecule has 6 nitrogen and oxygen atoms in total. The van der Waals surface area contributed by atoms with E-state index in [2.05, 4.69) is 10.2 Å². The van der Waals surface area contributed by atoms with Gasteiger partial charge in [-0.1, -0.05) is 6.07 Å². The first-order chi connectivity index (χ1) is 12.3. The fraction of sp³-hybridized carbons (Fsp3) is 0.632. The number of nitrogens with zero attached hydrogens (tertiary/aromatic N) is 2. The van der Waals surface area contributed by atoms with Crippen molar-refractivity contribution in [3.63, 3.8) is 0 Å². The molecule has 1 aromatic rings. The number of carbonyl (C=O) groups excluding carboxylic acids is 1. The molecule has 6 heteroatoms. The van der Waals surface area contributed by atoms with Crippen molar-refractivity contribution in [2.75, 3.05) is 39.5 Å². The minimum Gasteiger partial charge on any atom is -0.454 e. The molecule has 2 amide bonds. The molecule has 0 saturated carbocycles. The molecule has 3 aliphatic rings. The molecule has 1 aromatic carbocycles. The molecule has 0 aromatic heterocycles. The molecule has 3 heterocycles. The summed E-state index contributed by atoms with van der Waals surface area (Å²) in [5, 5.41) is 3.09. The lowest BCUT2D eigenvalue weighted by Crippen LogP contribution is -2.47. The molecule has 3 aliphatic heterocycles. The Morgan fingerprint density at radius 3 is 2.84 bits per heavy atom. The van der Waals surface area contributed by atoms with E-state index in [1.165, 1.54) is 25.9 Å². The Morgan fingerprint density at radius 2 is 1.96 bits per heavy atom. The van der Waals surface area contributed by atoms with Crippen LogP contribution in [0.5, 0.6) is 11.5 Å². The monoisotopic (exact) mass is 345 g/mol. The number of hydrogen-bond donors (Lipinski definition) is 1. The van der Waals surface area contributed by atoms with Crippen LogP contribution in [0.15, 0.2) is 18.2 Å². The number of benzene rings is 1. The Kier molecular flexibility index (Phi) is 4.97. The van der Waals surface area contributed by atoms with Gasteiger partial charge < -0.3 is 24.6 Å². The Bertz CT molecular complexity index is 616. The van der Waals surface area contributed by atoms with E-state index in [0.717, 1.165) is 49.4 Å². The fourth-order valence-electron chi connectivity index (χ4n) is 4.07. The standard InChI is InChI=1S/C19H27N3O3/c23-19(22-11-3-4-16(22)13-21-9-1-2-10-21)20-8-7-15-5-6-17-18(12-15)25-14-24-17/h5-6,12,16H,1-4,7-11,13-14H2,(H,20,23)/t16-/m0/s1. The molecule has 0 unspecified atom stereocenters. The summed E-state index contributed by atoms with van der Waals surface area (Å²) in [6.07, 6.45) is 5.65. The van der Waals surface area contributed by atoms with Crippen molar-refractivity contribution in [1.82, 2.24) is 15.1 Å². The third kappa shape index (κ3) is 3.84. The van der Waals surface area contributed by atoms with Crippen molar-refractivity contribution in [2.24, 2.45) is 0 Å². The van der Waals surface area contributed by atoms with Gasteiger partial charge in [-0.15, -0.1) is 0 Å². The molecule has 1 atom stereocenters. The number of likely N-dealkylation sites (tertiary alicyclic amines) is 2. The van der Waals surface area contributed by atoms with Gasteiger partial charge in [-0.05, 0) is 62.9 Å². The highest BCUT2D eigenvalue weighted by Gasteiger charge is 2.30. The summed E-state index contributed by atoms with van der Waals surface area (Å²) >= 11 is 0. The normalized spacial score (nSPS) is 22.6. The van der Waals surface area contributed by atoms with Crippen molar-refractivity contribution >= 4 is 6.03 Å². The van der Waals surface area contributed by atoms with Crippen molar-refractivity contribution in [1.29, 1.82) is 0 Å². The number of amides is 2. The molecule has 1 N–H and O–H groups in total. The molecule has 136 valence electrons. The zero-order valence-electron chi connectivity index (χ0n) is 14.7. The maximum Gasteiger partial charge on any atom is 0.317 e. The number of fused-ring (bicyclic) bond motifs is 1. The molecule has 0 bridgehead atoms. The van der Waals surface area contributed by atoms with Gasteiger partial charge in [-0.3, -0.25) is 0 Å². The van der Waals surface area contributed by atoms with Gasteiger partial charge in [0.1, 0.15) is 0 Å². The van der Waals surface area contributed by atoms with Crippen LogP contribution in [0.1, 0.15) is 31.2 Å². The van der Waals surface area contributed by atoms with Gasteiger partial charge in [0.25, 0.3) is 0 Å². The summed E-state index contributed by atoms with van der Waals surface area (Å²) in [6, 6.07) is 6.43. The second kappa shape index (κ2) is 7.52. The molecule has 0 spiro atoms. The van der Waals surface area contributed by atoms with Gasteiger partial charge in [0.15, 0.2) is 11.5 Å². The molecule has 0 aliphatic carbocycles. The second-order valence-electron chi connectivity index (χ2n) is 7.17. The highest BCUT2D eigenvalue weighted by atomic mass is 16.7. The molecule has 0 radical (unpaired) electrons. The lowest BCUT2D eigenvalue weighted by atomic mass is 10.1. The number of urea groups is 1. The van der Waals surface area contributed by atoms with E-state index < -0.39 is 0 Å². The number of ether oxygens (including phenoxy) is 2. The maximum atomic E-state index is 12.6. The van der Waals surface area contributed by atoms with Crippen LogP contribution >= 0.6 is 0 Å². The van der Waals surface area contributed by atoms with Gasteiger partial charge in [0.2, 0.25) is 6.79 Å². The van der Waals surface area contributed by atoms with Gasteiger partial charge in [0.05, 0.1) is 0 Å². The minimum atomic E-state index is 0.0856. The number of carbonyl (C=O) groups is 1. The molecular weight excluding hydrogens is 318 g/mol. The zero-order chi connectivity index (χ0) is 17.1. The van der Waals surface area contributed by atoms with Gasteiger partial charge in [-0.2, -0.15) is 0 Å². The second-order valence-corrected chi connectivity index (χ2v) is 7.17. The summed E-state index contributed by atoms with van der Waals surface area (Å²) in [4.78, 5) is 17.1. The number of rotatable bonds is 5. The summed E-state index contributed by atoms with van der Waals surface area (Å²) in [5.41, 5.74) is 1.15. The van der Waals surface area contributed by atoms with Crippen LogP contribution in [-0.2, 0) is 6.42 Å². The smallest absolute Gasteiger partial charge is 0.317 e. The first-order valence-electron chi connectivity index (χ1n) is 9.45. The minimum absolute atomic E-state index is 0.0856. The predicted octanol–water partition coefficient (Wildman–Crippen LogP) is 2.23. The molecule has 2 fully saturated rings. The average Bonchev–Trinajstić information content (AvgIpc) is 3.36. The third-order valence-corrected chi connectivity index (χ3v) is 5.43. The Balaban J connectivity index is 1.25. The lowest BCUT2D eigenvalue weighted by Gasteiger charge is -2.28.